The van der Waals surface area contributed by atoms with Gasteiger partial charge in [-0.3, -0.25) is 4.79 Å². The van der Waals surface area contributed by atoms with Crippen molar-refractivity contribution < 1.29 is 15.0 Å². The van der Waals surface area contributed by atoms with E-state index in [1.54, 1.807) is 0 Å². The molecule has 1 aliphatic carbocycles. The van der Waals surface area contributed by atoms with Gasteiger partial charge < -0.3 is 15.5 Å². The lowest BCUT2D eigenvalue weighted by atomic mass is 9.99. The van der Waals surface area contributed by atoms with Gasteiger partial charge in [0.05, 0.1) is 6.10 Å². The first kappa shape index (κ1) is 11.9. The molecule has 1 aliphatic rings. The van der Waals surface area contributed by atoms with Crippen LogP contribution in [0.2, 0.25) is 0 Å². The topological polar surface area (TPSA) is 69.6 Å². The fourth-order valence-corrected chi connectivity index (χ4v) is 1.33. The van der Waals surface area contributed by atoms with Crippen molar-refractivity contribution in [3.8, 4) is 0 Å². The summed E-state index contributed by atoms with van der Waals surface area (Å²) in [5, 5.41) is 21.9. The Labute approximate surface area is 89.3 Å². The van der Waals surface area contributed by atoms with Gasteiger partial charge in [0.2, 0.25) is 5.78 Å². The number of carbonyl (C=O) groups is 1. The molecule has 1 rings (SSSR count). The zero-order chi connectivity index (χ0) is 11.4. The highest BCUT2D eigenvalue weighted by atomic mass is 16.3. The van der Waals surface area contributed by atoms with E-state index < -0.39 is 11.9 Å². The molecule has 0 fully saturated rings. The summed E-state index contributed by atoms with van der Waals surface area (Å²) in [6.07, 6.45) is 2.50. The number of carbonyl (C=O) groups excluding carboxylic acids is 1. The number of ketones is 1. The molecule has 0 aliphatic heterocycles. The lowest BCUT2D eigenvalue weighted by molar-refractivity contribution is -0.113. The van der Waals surface area contributed by atoms with Gasteiger partial charge in [0.1, 0.15) is 0 Å². The molecule has 15 heavy (non-hydrogen) atoms. The van der Waals surface area contributed by atoms with Crippen LogP contribution in [0.15, 0.2) is 23.5 Å². The number of allylic oxidation sites excluding steroid dienone is 2. The molecule has 3 N–H and O–H groups in total. The van der Waals surface area contributed by atoms with E-state index in [9.17, 15) is 9.90 Å². The lowest BCUT2D eigenvalue weighted by Crippen LogP contribution is -2.33. The molecule has 0 amide bonds. The summed E-state index contributed by atoms with van der Waals surface area (Å²) in [4.78, 5) is 11.1. The van der Waals surface area contributed by atoms with Gasteiger partial charge in [-0.1, -0.05) is 13.8 Å². The van der Waals surface area contributed by atoms with E-state index in [1.165, 1.54) is 12.2 Å². The molecular formula is C11H17NO3. The van der Waals surface area contributed by atoms with Gasteiger partial charge in [-0.05, 0) is 24.1 Å². The molecule has 4 heteroatoms. The number of hydrogen-bond acceptors (Lipinski definition) is 4. The van der Waals surface area contributed by atoms with Crippen LogP contribution < -0.4 is 5.32 Å². The van der Waals surface area contributed by atoms with Crippen molar-refractivity contribution in [2.75, 3.05) is 6.54 Å². The van der Waals surface area contributed by atoms with Crippen molar-refractivity contribution in [3.63, 3.8) is 0 Å². The Morgan fingerprint density at radius 3 is 2.73 bits per heavy atom. The molecule has 0 aromatic carbocycles. The van der Waals surface area contributed by atoms with Crippen LogP contribution in [0.5, 0.6) is 0 Å². The molecule has 0 saturated heterocycles. The Morgan fingerprint density at radius 1 is 1.53 bits per heavy atom. The second kappa shape index (κ2) is 5.09. The third-order valence-corrected chi connectivity index (χ3v) is 2.25. The summed E-state index contributed by atoms with van der Waals surface area (Å²) in [5.74, 6) is -0.664. The minimum atomic E-state index is -0.666. The summed E-state index contributed by atoms with van der Waals surface area (Å²) in [7, 11) is 0. The number of rotatable bonds is 4. The van der Waals surface area contributed by atoms with E-state index in [2.05, 4.69) is 5.32 Å². The van der Waals surface area contributed by atoms with E-state index in [-0.39, 0.29) is 5.76 Å². The van der Waals surface area contributed by atoms with Gasteiger partial charge in [0, 0.05) is 12.6 Å². The van der Waals surface area contributed by atoms with Crippen LogP contribution in [0.4, 0.5) is 0 Å². The molecule has 1 unspecified atom stereocenters. The first-order valence-corrected chi connectivity index (χ1v) is 5.06. The number of hydrogen-bond donors (Lipinski definition) is 3. The highest BCUT2D eigenvalue weighted by Gasteiger charge is 2.17. The second-order valence-corrected chi connectivity index (χ2v) is 3.96. The van der Waals surface area contributed by atoms with Crippen LogP contribution in [0.1, 0.15) is 20.3 Å². The van der Waals surface area contributed by atoms with Crippen LogP contribution in [-0.2, 0) is 4.79 Å². The van der Waals surface area contributed by atoms with Crippen LogP contribution in [0, 0.1) is 0 Å². The van der Waals surface area contributed by atoms with E-state index in [0.29, 0.717) is 24.6 Å². The third kappa shape index (κ3) is 3.49. The van der Waals surface area contributed by atoms with E-state index >= 15 is 0 Å². The summed E-state index contributed by atoms with van der Waals surface area (Å²) in [5.41, 5.74) is 0.644. The highest BCUT2D eigenvalue weighted by molar-refractivity contribution is 6.03. The standard InChI is InChI=1S/C11H17NO3/c1-7(2)12-6-11(15)8-3-4-9(13)10(14)5-8/h4-5,7,11-13,15H,3,6H2,1-2H3. The summed E-state index contributed by atoms with van der Waals surface area (Å²) in [6.45, 7) is 4.39. The molecule has 0 bridgehead atoms. The largest absolute Gasteiger partial charge is 0.504 e. The molecule has 0 radical (unpaired) electrons. The van der Waals surface area contributed by atoms with Gasteiger partial charge in [0.15, 0.2) is 5.76 Å². The maximum Gasteiger partial charge on any atom is 0.219 e. The van der Waals surface area contributed by atoms with Crippen molar-refractivity contribution >= 4 is 5.78 Å². The van der Waals surface area contributed by atoms with Gasteiger partial charge in [-0.2, -0.15) is 0 Å². The fourth-order valence-electron chi connectivity index (χ4n) is 1.33. The van der Waals surface area contributed by atoms with E-state index in [1.807, 2.05) is 13.8 Å². The number of aliphatic hydroxyl groups excluding tert-OH is 2. The highest BCUT2D eigenvalue weighted by Crippen LogP contribution is 2.16. The Hall–Kier alpha value is -1.13. The minimum Gasteiger partial charge on any atom is -0.504 e. The van der Waals surface area contributed by atoms with Gasteiger partial charge in [0.25, 0.3) is 0 Å². The molecule has 84 valence electrons. The average Bonchev–Trinajstić information content (AvgIpc) is 2.18. The minimum absolute atomic E-state index is 0.234. The Bertz CT molecular complexity index is 305. The van der Waals surface area contributed by atoms with Crippen LogP contribution in [0.3, 0.4) is 0 Å². The summed E-state index contributed by atoms with van der Waals surface area (Å²) < 4.78 is 0. The van der Waals surface area contributed by atoms with E-state index in [4.69, 9.17) is 5.11 Å². The quantitative estimate of drug-likeness (QED) is 0.639. The molecule has 0 aromatic rings. The Morgan fingerprint density at radius 2 is 2.20 bits per heavy atom. The normalized spacial score (nSPS) is 18.8. The Balaban J connectivity index is 2.51. The molecule has 0 spiro atoms. The number of nitrogens with one attached hydrogen (secondary N) is 1. The van der Waals surface area contributed by atoms with Crippen molar-refractivity contribution in [1.29, 1.82) is 0 Å². The zero-order valence-corrected chi connectivity index (χ0v) is 9.03. The Kier molecular flexibility index (Phi) is 4.05. The van der Waals surface area contributed by atoms with Crippen molar-refractivity contribution in [3.05, 3.63) is 23.5 Å². The molecule has 0 saturated carbocycles. The first-order chi connectivity index (χ1) is 7.00. The monoisotopic (exact) mass is 211 g/mol. The smallest absolute Gasteiger partial charge is 0.219 e. The average molecular weight is 211 g/mol. The van der Waals surface area contributed by atoms with Crippen LogP contribution in [0.25, 0.3) is 0 Å². The van der Waals surface area contributed by atoms with Crippen LogP contribution >= 0.6 is 0 Å². The SMILES string of the molecule is CC(C)NCC(O)C1=CC(=O)C(O)=CC1. The molecule has 1 atom stereocenters. The van der Waals surface area contributed by atoms with Crippen LogP contribution in [-0.4, -0.2) is 34.7 Å². The van der Waals surface area contributed by atoms with E-state index in [0.717, 1.165) is 0 Å². The molecule has 0 aromatic heterocycles. The molecule has 0 heterocycles. The molecule has 4 nitrogen and oxygen atoms in total. The zero-order valence-electron chi connectivity index (χ0n) is 9.03. The van der Waals surface area contributed by atoms with Crippen molar-refractivity contribution in [1.82, 2.24) is 5.32 Å². The summed E-state index contributed by atoms with van der Waals surface area (Å²) >= 11 is 0. The van der Waals surface area contributed by atoms with Gasteiger partial charge in [-0.25, -0.2) is 0 Å². The molecular weight excluding hydrogens is 194 g/mol. The summed E-state index contributed by atoms with van der Waals surface area (Å²) in [6, 6.07) is 0.295. The van der Waals surface area contributed by atoms with Gasteiger partial charge in [-0.15, -0.1) is 0 Å². The second-order valence-electron chi connectivity index (χ2n) is 3.96. The first-order valence-electron chi connectivity index (χ1n) is 5.06. The van der Waals surface area contributed by atoms with Crippen molar-refractivity contribution in [2.45, 2.75) is 32.4 Å². The third-order valence-electron chi connectivity index (χ3n) is 2.25. The maximum absolute atomic E-state index is 11.1. The van der Waals surface area contributed by atoms with Gasteiger partial charge >= 0.3 is 0 Å². The fraction of sp³-hybridized carbons (Fsp3) is 0.545. The lowest BCUT2D eigenvalue weighted by Gasteiger charge is -2.18. The van der Waals surface area contributed by atoms with Crippen molar-refractivity contribution in [2.24, 2.45) is 0 Å². The maximum atomic E-state index is 11.1. The predicted molar refractivity (Wildman–Crippen MR) is 57.6 cm³/mol. The number of aliphatic hydroxyl groups is 2. The predicted octanol–water partition coefficient (Wildman–Crippen LogP) is 0.686.